The number of halogens is 2. The summed E-state index contributed by atoms with van der Waals surface area (Å²) in [5.41, 5.74) is 11.2. The van der Waals surface area contributed by atoms with Crippen LogP contribution in [0.3, 0.4) is 0 Å². The van der Waals surface area contributed by atoms with Crippen molar-refractivity contribution in [1.82, 2.24) is 4.90 Å². The van der Waals surface area contributed by atoms with Gasteiger partial charge in [0.15, 0.2) is 0 Å². The maximum Gasteiger partial charge on any atom is 2.00 e. The second-order valence-electron chi connectivity index (χ2n) is 11.4. The van der Waals surface area contributed by atoms with Crippen molar-refractivity contribution in [3.8, 4) is 0 Å². The number of likely N-dealkylation sites (N-methyl/N-ethyl adjacent to an activating group) is 1. The molecule has 0 spiro atoms. The Labute approximate surface area is 251 Å². The molecule has 0 aliphatic heterocycles. The van der Waals surface area contributed by atoms with Crippen LogP contribution in [0.4, 0.5) is 11.4 Å². The molecule has 1 radical (unpaired) electrons. The fourth-order valence-electron chi connectivity index (χ4n) is 4.77. The summed E-state index contributed by atoms with van der Waals surface area (Å²) < 4.78 is 0. The molecule has 0 aromatic heterocycles. The molecule has 3 nitrogen and oxygen atoms in total. The van der Waals surface area contributed by atoms with E-state index in [1.165, 1.54) is 44.8 Å². The normalized spacial score (nSPS) is 11.0. The van der Waals surface area contributed by atoms with Gasteiger partial charge in [0.1, 0.15) is 0 Å². The van der Waals surface area contributed by atoms with Crippen molar-refractivity contribution < 1.29 is 41.9 Å². The van der Waals surface area contributed by atoms with Gasteiger partial charge in [-0.25, -0.2) is 0 Å². The second kappa shape index (κ2) is 17.6. The summed E-state index contributed by atoms with van der Waals surface area (Å²) >= 11 is 0. The fourth-order valence-corrected chi connectivity index (χ4v) is 4.77. The summed E-state index contributed by atoms with van der Waals surface area (Å²) in [5.74, 6) is 2.06. The van der Waals surface area contributed by atoms with Gasteiger partial charge < -0.3 is 40.3 Å². The third-order valence-corrected chi connectivity index (χ3v) is 6.77. The Bertz CT molecular complexity index is 809. The Morgan fingerprint density at radius 1 is 0.568 bits per heavy atom. The molecule has 0 saturated heterocycles. The Kier molecular flexibility index (Phi) is 18.2. The largest absolute Gasteiger partial charge is 2.00 e. The van der Waals surface area contributed by atoms with Crippen LogP contribution < -0.4 is 35.4 Å². The summed E-state index contributed by atoms with van der Waals surface area (Å²) in [5, 5.41) is 7.61. The number of nitrogens with one attached hydrogen (secondary N) is 2. The number of aryl methyl sites for hydroxylation is 2. The molecule has 2 aromatic rings. The van der Waals surface area contributed by atoms with Gasteiger partial charge >= 0.3 is 17.1 Å². The van der Waals surface area contributed by atoms with Gasteiger partial charge in [0.25, 0.3) is 0 Å². The maximum absolute atomic E-state index is 3.80. The summed E-state index contributed by atoms with van der Waals surface area (Å²) in [6.45, 7) is 26.7. The summed E-state index contributed by atoms with van der Waals surface area (Å²) in [6.07, 6.45) is 0. The molecular formula is C31H51Cl2MnN3. The minimum atomic E-state index is 0. The van der Waals surface area contributed by atoms with Gasteiger partial charge in [-0.2, -0.15) is 0 Å². The number of hydrogen-bond acceptors (Lipinski definition) is 3. The summed E-state index contributed by atoms with van der Waals surface area (Å²) in [6, 6.07) is 9.42. The monoisotopic (exact) mass is 590 g/mol. The molecule has 37 heavy (non-hydrogen) atoms. The Balaban J connectivity index is 0. The van der Waals surface area contributed by atoms with E-state index in [2.05, 4.69) is 116 Å². The van der Waals surface area contributed by atoms with Crippen LogP contribution in [0.2, 0.25) is 0 Å². The second-order valence-corrected chi connectivity index (χ2v) is 11.4. The molecule has 0 unspecified atom stereocenters. The van der Waals surface area contributed by atoms with E-state index in [4.69, 9.17) is 0 Å². The van der Waals surface area contributed by atoms with E-state index in [9.17, 15) is 0 Å². The molecule has 0 saturated carbocycles. The van der Waals surface area contributed by atoms with Gasteiger partial charge in [-0.3, -0.25) is 0 Å². The molecule has 2 N–H and O–H groups in total. The first kappa shape index (κ1) is 38.2. The van der Waals surface area contributed by atoms with E-state index in [-0.39, 0.29) is 41.9 Å². The minimum absolute atomic E-state index is 0. The fraction of sp³-hybridized carbons (Fsp3) is 0.613. The van der Waals surface area contributed by atoms with Crippen molar-refractivity contribution in [2.75, 3.05) is 43.9 Å². The molecule has 211 valence electrons. The van der Waals surface area contributed by atoms with Crippen LogP contribution in [0.1, 0.15) is 112 Å². The first-order valence-electron chi connectivity index (χ1n) is 13.4. The van der Waals surface area contributed by atoms with E-state index in [1.807, 2.05) is 0 Å². The maximum atomic E-state index is 3.80. The number of benzene rings is 2. The van der Waals surface area contributed by atoms with Gasteiger partial charge in [-0.05, 0) is 66.8 Å². The standard InChI is InChI=1S/C31H51N3.2ClH.Mn/c1-20(2)26-16-24(9)17-27(21(3)4)30(26)32-12-14-34(11)15-13-33-31-28(22(5)6)18-25(10)19-29(31)23(7)8;;;/h16-23,32-33H,12-15H2,1-11H3;2*1H;/q;;;+2/p-2. The predicted octanol–water partition coefficient (Wildman–Crippen LogP) is 2.26. The first-order valence-corrected chi connectivity index (χ1v) is 13.4. The summed E-state index contributed by atoms with van der Waals surface area (Å²) in [7, 11) is 2.23. The molecule has 0 aliphatic carbocycles. The molecule has 0 fully saturated rings. The van der Waals surface area contributed by atoms with Crippen LogP contribution in [-0.4, -0.2) is 38.1 Å². The van der Waals surface area contributed by atoms with Gasteiger partial charge in [0.2, 0.25) is 0 Å². The smallest absolute Gasteiger partial charge is 1.00 e. The third kappa shape index (κ3) is 11.0. The van der Waals surface area contributed by atoms with Gasteiger partial charge in [-0.15, -0.1) is 0 Å². The average molecular weight is 592 g/mol. The van der Waals surface area contributed by atoms with E-state index in [0.29, 0.717) is 23.7 Å². The number of anilines is 2. The molecule has 0 amide bonds. The van der Waals surface area contributed by atoms with Crippen LogP contribution >= 0.6 is 0 Å². The number of hydrogen-bond donors (Lipinski definition) is 2. The molecule has 0 aliphatic rings. The Morgan fingerprint density at radius 3 is 1.03 bits per heavy atom. The topological polar surface area (TPSA) is 27.3 Å². The van der Waals surface area contributed by atoms with Crippen LogP contribution in [-0.2, 0) is 17.1 Å². The van der Waals surface area contributed by atoms with Crippen LogP contribution in [0, 0.1) is 13.8 Å². The Morgan fingerprint density at radius 2 is 0.811 bits per heavy atom. The van der Waals surface area contributed by atoms with Crippen LogP contribution in [0.25, 0.3) is 0 Å². The van der Waals surface area contributed by atoms with Crippen molar-refractivity contribution in [3.63, 3.8) is 0 Å². The quantitative estimate of drug-likeness (QED) is 0.371. The molecule has 0 heterocycles. The zero-order valence-corrected chi connectivity index (χ0v) is 27.7. The van der Waals surface area contributed by atoms with E-state index < -0.39 is 0 Å². The third-order valence-electron chi connectivity index (χ3n) is 6.77. The van der Waals surface area contributed by atoms with Gasteiger partial charge in [0, 0.05) is 37.6 Å². The average Bonchev–Trinajstić information content (AvgIpc) is 2.74. The molecular weight excluding hydrogens is 540 g/mol. The summed E-state index contributed by atoms with van der Waals surface area (Å²) in [4.78, 5) is 2.43. The number of rotatable bonds is 12. The van der Waals surface area contributed by atoms with E-state index >= 15 is 0 Å². The van der Waals surface area contributed by atoms with Crippen molar-refractivity contribution >= 4 is 11.4 Å². The van der Waals surface area contributed by atoms with Crippen molar-refractivity contribution in [3.05, 3.63) is 57.6 Å². The van der Waals surface area contributed by atoms with Crippen LogP contribution in [0.15, 0.2) is 24.3 Å². The van der Waals surface area contributed by atoms with Gasteiger partial charge in [0.05, 0.1) is 0 Å². The molecule has 0 bridgehead atoms. The van der Waals surface area contributed by atoms with Gasteiger partial charge in [-0.1, -0.05) is 90.8 Å². The molecule has 2 aromatic carbocycles. The first-order chi connectivity index (χ1) is 15.9. The van der Waals surface area contributed by atoms with Crippen molar-refractivity contribution in [2.24, 2.45) is 0 Å². The zero-order chi connectivity index (χ0) is 25.6. The zero-order valence-electron chi connectivity index (χ0n) is 25.0. The molecule has 2 rings (SSSR count). The SMILES string of the molecule is Cc1cc(C(C)C)c(NCCN(C)CCNc2c(C(C)C)cc(C)cc2C(C)C)c(C(C)C)c1.[Cl-].[Cl-].[Mn+2]. The van der Waals surface area contributed by atoms with E-state index in [0.717, 1.165) is 26.2 Å². The Hall–Kier alpha value is -0.901. The molecule has 0 atom stereocenters. The number of nitrogens with zero attached hydrogens (tertiary/aromatic N) is 1. The van der Waals surface area contributed by atoms with E-state index in [1.54, 1.807) is 0 Å². The predicted molar refractivity (Wildman–Crippen MR) is 153 cm³/mol. The van der Waals surface area contributed by atoms with Crippen molar-refractivity contribution in [2.45, 2.75) is 92.9 Å². The minimum Gasteiger partial charge on any atom is -1.00 e. The van der Waals surface area contributed by atoms with Crippen LogP contribution in [0.5, 0.6) is 0 Å². The van der Waals surface area contributed by atoms with Crippen molar-refractivity contribution in [1.29, 1.82) is 0 Å². The molecule has 6 heteroatoms.